The van der Waals surface area contributed by atoms with E-state index in [9.17, 15) is 22.8 Å². The summed E-state index contributed by atoms with van der Waals surface area (Å²) in [5, 5.41) is 8.78. The molecule has 1 amide bonds. The lowest BCUT2D eigenvalue weighted by molar-refractivity contribution is -0.150. The topological polar surface area (TPSA) is 92.3 Å². The zero-order valence-corrected chi connectivity index (χ0v) is 19.0. The number of amides is 1. The average molecular weight is 485 g/mol. The Morgan fingerprint density at radius 3 is 2.39 bits per heavy atom. The van der Waals surface area contributed by atoms with Crippen molar-refractivity contribution >= 4 is 29.3 Å². The van der Waals surface area contributed by atoms with Crippen LogP contribution in [0.15, 0.2) is 54.5 Å². The monoisotopic (exact) mass is 484 g/mol. The lowest BCUT2D eigenvalue weighted by atomic mass is 9.94. The van der Waals surface area contributed by atoms with Crippen molar-refractivity contribution in [3.05, 3.63) is 70.6 Å². The van der Waals surface area contributed by atoms with Crippen LogP contribution >= 0.6 is 11.6 Å². The van der Waals surface area contributed by atoms with Crippen molar-refractivity contribution in [2.45, 2.75) is 26.6 Å². The number of halogens is 4. The largest absolute Gasteiger partial charge is 0.469 e. The molecule has 3 N–H and O–H groups in total. The van der Waals surface area contributed by atoms with E-state index in [2.05, 4.69) is 20.9 Å². The highest BCUT2D eigenvalue weighted by molar-refractivity contribution is 6.30. The summed E-state index contributed by atoms with van der Waals surface area (Å²) in [7, 11) is 1.25. The van der Waals surface area contributed by atoms with Gasteiger partial charge in [-0.1, -0.05) is 23.7 Å². The first-order chi connectivity index (χ1) is 15.4. The summed E-state index contributed by atoms with van der Waals surface area (Å²) in [4.78, 5) is 28.1. The van der Waals surface area contributed by atoms with Gasteiger partial charge in [0.1, 0.15) is 11.6 Å². The molecule has 178 valence electrons. The maximum Gasteiger partial charge on any atom is 0.416 e. The SMILES string of the molecule is COC(=O)C(C)(C)CNC(=O)/C=C(\NCc1ccc(Cl)cc1)Nc1cc(C(F)(F)F)ccn1. The number of carbonyl (C=O) groups is 2. The molecule has 7 nitrogen and oxygen atoms in total. The van der Waals surface area contributed by atoms with E-state index in [0.717, 1.165) is 30.0 Å². The van der Waals surface area contributed by atoms with Gasteiger partial charge in [0.15, 0.2) is 0 Å². The van der Waals surface area contributed by atoms with E-state index in [-0.39, 0.29) is 24.7 Å². The molecule has 0 saturated carbocycles. The van der Waals surface area contributed by atoms with Gasteiger partial charge in [0.25, 0.3) is 0 Å². The summed E-state index contributed by atoms with van der Waals surface area (Å²) >= 11 is 5.88. The zero-order chi connectivity index (χ0) is 24.6. The number of hydrogen-bond acceptors (Lipinski definition) is 6. The van der Waals surface area contributed by atoms with E-state index in [4.69, 9.17) is 16.3 Å². The van der Waals surface area contributed by atoms with Crippen molar-refractivity contribution in [2.75, 3.05) is 19.0 Å². The van der Waals surface area contributed by atoms with Crippen LogP contribution in [0.1, 0.15) is 25.0 Å². The number of ether oxygens (including phenoxy) is 1. The number of esters is 1. The Balaban J connectivity index is 2.19. The summed E-state index contributed by atoms with van der Waals surface area (Å²) in [6, 6.07) is 8.56. The molecule has 0 spiro atoms. The van der Waals surface area contributed by atoms with Gasteiger partial charge in [-0.2, -0.15) is 13.2 Å². The molecule has 0 aliphatic heterocycles. The zero-order valence-electron chi connectivity index (χ0n) is 18.2. The molecule has 1 heterocycles. The van der Waals surface area contributed by atoms with Crippen LogP contribution in [0.25, 0.3) is 0 Å². The van der Waals surface area contributed by atoms with Crippen molar-refractivity contribution in [3.8, 4) is 0 Å². The number of nitrogens with one attached hydrogen (secondary N) is 3. The van der Waals surface area contributed by atoms with Crippen molar-refractivity contribution in [3.63, 3.8) is 0 Å². The van der Waals surface area contributed by atoms with Gasteiger partial charge < -0.3 is 20.7 Å². The fourth-order valence-electron chi connectivity index (χ4n) is 2.58. The van der Waals surface area contributed by atoms with Gasteiger partial charge in [0.05, 0.1) is 18.1 Å². The molecule has 2 aromatic rings. The number of hydrogen-bond donors (Lipinski definition) is 3. The maximum atomic E-state index is 13.0. The van der Waals surface area contributed by atoms with Crippen LogP contribution in [0, 0.1) is 5.41 Å². The fourth-order valence-corrected chi connectivity index (χ4v) is 2.71. The Morgan fingerprint density at radius 1 is 1.12 bits per heavy atom. The van der Waals surface area contributed by atoms with E-state index in [1.807, 2.05) is 0 Å². The summed E-state index contributed by atoms with van der Waals surface area (Å²) in [5.74, 6) is -1.09. The molecule has 0 aliphatic carbocycles. The third kappa shape index (κ3) is 8.30. The van der Waals surface area contributed by atoms with Gasteiger partial charge >= 0.3 is 12.1 Å². The third-order valence-electron chi connectivity index (χ3n) is 4.46. The second-order valence-corrected chi connectivity index (χ2v) is 8.12. The van der Waals surface area contributed by atoms with Gasteiger partial charge in [-0.15, -0.1) is 0 Å². The number of pyridine rings is 1. The number of carbonyl (C=O) groups excluding carboxylic acids is 2. The number of benzene rings is 1. The molecule has 0 aliphatic rings. The summed E-state index contributed by atoms with van der Waals surface area (Å²) in [6.07, 6.45) is -2.40. The highest BCUT2D eigenvalue weighted by Gasteiger charge is 2.31. The fraction of sp³-hybridized carbons (Fsp3) is 0.318. The third-order valence-corrected chi connectivity index (χ3v) is 4.72. The Hall–Kier alpha value is -3.27. The van der Waals surface area contributed by atoms with Crippen molar-refractivity contribution in [1.29, 1.82) is 0 Å². The molecular formula is C22H24ClF3N4O3. The molecular weight excluding hydrogens is 461 g/mol. The quantitative estimate of drug-likeness (QED) is 0.366. The van der Waals surface area contributed by atoms with E-state index >= 15 is 0 Å². The number of aromatic nitrogens is 1. The Labute approximate surface area is 194 Å². The van der Waals surface area contributed by atoms with Crippen LogP contribution in [0.4, 0.5) is 19.0 Å². The van der Waals surface area contributed by atoms with Crippen LogP contribution in [0.2, 0.25) is 5.02 Å². The minimum atomic E-state index is -4.54. The van der Waals surface area contributed by atoms with Gasteiger partial charge in [0.2, 0.25) is 5.91 Å². The molecule has 33 heavy (non-hydrogen) atoms. The molecule has 0 radical (unpaired) electrons. The van der Waals surface area contributed by atoms with Gasteiger partial charge in [-0.25, -0.2) is 4.98 Å². The van der Waals surface area contributed by atoms with Crippen LogP contribution in [-0.2, 0) is 27.0 Å². The molecule has 0 saturated heterocycles. The molecule has 0 atom stereocenters. The molecule has 0 unspecified atom stereocenters. The van der Waals surface area contributed by atoms with E-state index in [0.29, 0.717) is 5.02 Å². The number of anilines is 1. The standard InChI is InChI=1S/C22H24ClF3N4O3/c1-21(2,20(32)33-3)13-29-19(31)11-18(28-12-14-4-6-16(23)7-5-14)30-17-10-15(8-9-27-17)22(24,25)26/h4-11,28H,12-13H2,1-3H3,(H,27,30)(H,29,31)/b18-11+. The minimum Gasteiger partial charge on any atom is -0.469 e. The number of alkyl halides is 3. The maximum absolute atomic E-state index is 13.0. The second kappa shape index (κ2) is 11.0. The van der Waals surface area contributed by atoms with E-state index < -0.39 is 29.0 Å². The predicted octanol–water partition coefficient (Wildman–Crippen LogP) is 4.11. The molecule has 2 rings (SSSR count). The predicted molar refractivity (Wildman–Crippen MR) is 118 cm³/mol. The number of methoxy groups -OCH3 is 1. The average Bonchev–Trinajstić information content (AvgIpc) is 2.76. The first kappa shape index (κ1) is 26.0. The smallest absolute Gasteiger partial charge is 0.416 e. The molecule has 11 heteroatoms. The molecule has 0 fully saturated rings. The summed E-state index contributed by atoms with van der Waals surface area (Å²) in [5.41, 5.74) is -1.04. The highest BCUT2D eigenvalue weighted by atomic mass is 35.5. The van der Waals surface area contributed by atoms with E-state index in [1.165, 1.54) is 7.11 Å². The Bertz CT molecular complexity index is 1010. The minimum absolute atomic E-state index is 0.0126. The highest BCUT2D eigenvalue weighted by Crippen LogP contribution is 2.30. The Morgan fingerprint density at radius 2 is 1.79 bits per heavy atom. The van der Waals surface area contributed by atoms with Crippen molar-refractivity contribution < 1.29 is 27.5 Å². The van der Waals surface area contributed by atoms with Crippen molar-refractivity contribution in [2.24, 2.45) is 5.41 Å². The van der Waals surface area contributed by atoms with Crippen LogP contribution in [0.3, 0.4) is 0 Å². The van der Waals surface area contributed by atoms with Crippen LogP contribution < -0.4 is 16.0 Å². The number of nitrogens with zero attached hydrogens (tertiary/aromatic N) is 1. The van der Waals surface area contributed by atoms with Gasteiger partial charge in [-0.3, -0.25) is 9.59 Å². The van der Waals surface area contributed by atoms with Gasteiger partial charge in [-0.05, 0) is 43.7 Å². The van der Waals surface area contributed by atoms with Gasteiger partial charge in [0, 0.05) is 30.4 Å². The lowest BCUT2D eigenvalue weighted by Crippen LogP contribution is -2.39. The first-order valence-corrected chi connectivity index (χ1v) is 10.1. The van der Waals surface area contributed by atoms with E-state index in [1.54, 1.807) is 38.1 Å². The lowest BCUT2D eigenvalue weighted by Gasteiger charge is -2.21. The summed E-state index contributed by atoms with van der Waals surface area (Å²) in [6.45, 7) is 3.44. The number of rotatable bonds is 9. The summed E-state index contributed by atoms with van der Waals surface area (Å²) < 4.78 is 43.8. The van der Waals surface area contributed by atoms with Crippen molar-refractivity contribution in [1.82, 2.24) is 15.6 Å². The van der Waals surface area contributed by atoms with Crippen LogP contribution in [0.5, 0.6) is 0 Å². The first-order valence-electron chi connectivity index (χ1n) is 9.77. The molecule has 0 bridgehead atoms. The Kier molecular flexibility index (Phi) is 8.69. The second-order valence-electron chi connectivity index (χ2n) is 7.68. The molecule has 1 aromatic heterocycles. The molecule has 1 aromatic carbocycles. The van der Waals surface area contributed by atoms with Crippen LogP contribution in [-0.4, -0.2) is 30.5 Å². The normalized spacial score (nSPS) is 12.2.